The van der Waals surface area contributed by atoms with Gasteiger partial charge in [-0.1, -0.05) is 89.9 Å². The van der Waals surface area contributed by atoms with E-state index in [0.717, 1.165) is 22.4 Å². The smallest absolute Gasteiger partial charge is 0.261 e. The molecule has 1 atom stereocenters. The van der Waals surface area contributed by atoms with E-state index in [-0.39, 0.29) is 25.0 Å². The van der Waals surface area contributed by atoms with Gasteiger partial charge in [0, 0.05) is 24.5 Å². The molecule has 1 N–H and O–H groups in total. The molecule has 0 aliphatic heterocycles. The average Bonchev–Trinajstić information content (AvgIpc) is 3.00. The SMILES string of the molecule is COc1ccc(CCNC(=O)[C@H](Cc2ccccc2)N(Cc2ccc(Cl)cc2)C(=O)COc2ccccc2Cl)cc1. The van der Waals surface area contributed by atoms with Gasteiger partial charge in [-0.25, -0.2) is 0 Å². The molecule has 0 fully saturated rings. The Morgan fingerprint density at radius 3 is 2.15 bits per heavy atom. The lowest BCUT2D eigenvalue weighted by Crippen LogP contribution is -2.52. The number of nitrogens with zero attached hydrogens (tertiary/aromatic N) is 1. The van der Waals surface area contributed by atoms with Gasteiger partial charge in [0.1, 0.15) is 17.5 Å². The molecule has 0 saturated carbocycles. The summed E-state index contributed by atoms with van der Waals surface area (Å²) in [6.45, 7) is 0.336. The normalized spacial score (nSPS) is 11.4. The van der Waals surface area contributed by atoms with Crippen LogP contribution in [0, 0.1) is 0 Å². The molecule has 2 amide bonds. The van der Waals surface area contributed by atoms with Crippen LogP contribution in [0.25, 0.3) is 0 Å². The molecule has 0 spiro atoms. The van der Waals surface area contributed by atoms with Crippen LogP contribution in [-0.4, -0.2) is 43.0 Å². The van der Waals surface area contributed by atoms with Crippen molar-refractivity contribution in [1.82, 2.24) is 10.2 Å². The summed E-state index contributed by atoms with van der Waals surface area (Å²) in [4.78, 5) is 29.0. The molecule has 0 bridgehead atoms. The van der Waals surface area contributed by atoms with Gasteiger partial charge in [-0.2, -0.15) is 0 Å². The number of carbonyl (C=O) groups is 2. The van der Waals surface area contributed by atoms with Gasteiger partial charge in [0.05, 0.1) is 12.1 Å². The first-order chi connectivity index (χ1) is 19.9. The summed E-state index contributed by atoms with van der Waals surface area (Å²) >= 11 is 12.3. The molecule has 0 unspecified atom stereocenters. The molecule has 0 aromatic heterocycles. The quantitative estimate of drug-likeness (QED) is 0.196. The Kier molecular flexibility index (Phi) is 11.1. The summed E-state index contributed by atoms with van der Waals surface area (Å²) in [5.74, 6) is 0.585. The van der Waals surface area contributed by atoms with Gasteiger partial charge in [-0.15, -0.1) is 0 Å². The lowest BCUT2D eigenvalue weighted by atomic mass is 10.0. The Morgan fingerprint density at radius 2 is 1.46 bits per heavy atom. The largest absolute Gasteiger partial charge is 0.497 e. The Labute approximate surface area is 250 Å². The molecule has 212 valence electrons. The highest BCUT2D eigenvalue weighted by Crippen LogP contribution is 2.24. The third-order valence-electron chi connectivity index (χ3n) is 6.60. The maximum atomic E-state index is 13.7. The molecule has 4 aromatic carbocycles. The van der Waals surface area contributed by atoms with Crippen LogP contribution in [0.4, 0.5) is 0 Å². The number of hydrogen-bond donors (Lipinski definition) is 1. The van der Waals surface area contributed by atoms with Crippen LogP contribution < -0.4 is 14.8 Å². The van der Waals surface area contributed by atoms with Crippen molar-refractivity contribution in [3.8, 4) is 11.5 Å². The first-order valence-corrected chi connectivity index (χ1v) is 14.0. The Hall–Kier alpha value is -4.00. The monoisotopic (exact) mass is 590 g/mol. The number of amides is 2. The molecule has 0 radical (unpaired) electrons. The van der Waals surface area contributed by atoms with Gasteiger partial charge in [0.2, 0.25) is 5.91 Å². The Morgan fingerprint density at radius 1 is 0.805 bits per heavy atom. The predicted molar refractivity (Wildman–Crippen MR) is 163 cm³/mol. The Balaban J connectivity index is 1.56. The number of methoxy groups -OCH3 is 1. The highest BCUT2D eigenvalue weighted by Gasteiger charge is 2.30. The van der Waals surface area contributed by atoms with Crippen molar-refractivity contribution in [2.75, 3.05) is 20.3 Å². The number of halogens is 2. The second-order valence-electron chi connectivity index (χ2n) is 9.46. The first-order valence-electron chi connectivity index (χ1n) is 13.3. The minimum atomic E-state index is -0.786. The van der Waals surface area contributed by atoms with Crippen LogP contribution in [0.1, 0.15) is 16.7 Å². The lowest BCUT2D eigenvalue weighted by Gasteiger charge is -2.31. The van der Waals surface area contributed by atoms with E-state index in [4.69, 9.17) is 32.7 Å². The van der Waals surface area contributed by atoms with Crippen molar-refractivity contribution in [3.05, 3.63) is 130 Å². The number of benzene rings is 4. The van der Waals surface area contributed by atoms with Crippen LogP contribution in [0.15, 0.2) is 103 Å². The van der Waals surface area contributed by atoms with Gasteiger partial charge >= 0.3 is 0 Å². The molecule has 0 saturated heterocycles. The van der Waals surface area contributed by atoms with Crippen molar-refractivity contribution in [1.29, 1.82) is 0 Å². The van der Waals surface area contributed by atoms with Crippen LogP contribution in [0.5, 0.6) is 11.5 Å². The molecule has 8 heteroatoms. The van der Waals surface area contributed by atoms with Gasteiger partial charge in [-0.3, -0.25) is 9.59 Å². The molecule has 4 rings (SSSR count). The molecular weight excluding hydrogens is 559 g/mol. The molecule has 4 aromatic rings. The highest BCUT2D eigenvalue weighted by atomic mass is 35.5. The number of ether oxygens (including phenoxy) is 2. The third kappa shape index (κ3) is 9.00. The number of hydrogen-bond acceptors (Lipinski definition) is 4. The minimum absolute atomic E-state index is 0.200. The predicted octanol–water partition coefficient (Wildman–Crippen LogP) is 6.38. The van der Waals surface area contributed by atoms with Crippen molar-refractivity contribution in [2.24, 2.45) is 0 Å². The van der Waals surface area contributed by atoms with E-state index in [1.165, 1.54) is 0 Å². The van der Waals surface area contributed by atoms with E-state index in [0.29, 0.717) is 35.2 Å². The van der Waals surface area contributed by atoms with Gasteiger partial charge in [0.15, 0.2) is 6.61 Å². The van der Waals surface area contributed by atoms with E-state index < -0.39 is 6.04 Å². The fourth-order valence-electron chi connectivity index (χ4n) is 4.36. The average molecular weight is 592 g/mol. The zero-order chi connectivity index (χ0) is 29.0. The van der Waals surface area contributed by atoms with Crippen LogP contribution >= 0.6 is 23.2 Å². The van der Waals surface area contributed by atoms with Crippen LogP contribution in [-0.2, 0) is 29.0 Å². The number of nitrogens with one attached hydrogen (secondary N) is 1. The van der Waals surface area contributed by atoms with E-state index in [9.17, 15) is 9.59 Å². The molecule has 0 aliphatic carbocycles. The van der Waals surface area contributed by atoms with Crippen LogP contribution in [0.3, 0.4) is 0 Å². The van der Waals surface area contributed by atoms with Crippen molar-refractivity contribution in [2.45, 2.75) is 25.4 Å². The minimum Gasteiger partial charge on any atom is -0.497 e. The summed E-state index contributed by atoms with van der Waals surface area (Å²) in [6, 6.07) is 30.8. The number of rotatable bonds is 13. The summed E-state index contributed by atoms with van der Waals surface area (Å²) in [5, 5.41) is 4.04. The maximum Gasteiger partial charge on any atom is 0.261 e. The van der Waals surface area contributed by atoms with Crippen molar-refractivity contribution >= 4 is 35.0 Å². The molecule has 41 heavy (non-hydrogen) atoms. The maximum absolute atomic E-state index is 13.7. The van der Waals surface area contributed by atoms with Crippen LogP contribution in [0.2, 0.25) is 10.0 Å². The standard InChI is InChI=1S/C33H32Cl2N2O4/c1-40-28-17-13-24(14-18-28)19-20-36-33(39)30(21-25-7-3-2-4-8-25)37(22-26-11-15-27(34)16-12-26)32(38)23-41-31-10-6-5-9-29(31)35/h2-18,30H,19-23H2,1H3,(H,36,39)/t30-/m0/s1. The molecule has 0 aliphatic rings. The van der Waals surface area contributed by atoms with E-state index in [2.05, 4.69) is 5.32 Å². The summed E-state index contributed by atoms with van der Waals surface area (Å²) in [5.41, 5.74) is 2.83. The van der Waals surface area contributed by atoms with E-state index in [1.54, 1.807) is 48.4 Å². The molecule has 0 heterocycles. The third-order valence-corrected chi connectivity index (χ3v) is 7.16. The second-order valence-corrected chi connectivity index (χ2v) is 10.3. The summed E-state index contributed by atoms with van der Waals surface area (Å²) in [7, 11) is 1.62. The summed E-state index contributed by atoms with van der Waals surface area (Å²) < 4.78 is 11.0. The van der Waals surface area contributed by atoms with Crippen molar-refractivity contribution in [3.63, 3.8) is 0 Å². The fraction of sp³-hybridized carbons (Fsp3) is 0.212. The zero-order valence-corrected chi connectivity index (χ0v) is 24.3. The van der Waals surface area contributed by atoms with E-state index in [1.807, 2.05) is 66.7 Å². The topological polar surface area (TPSA) is 67.9 Å². The zero-order valence-electron chi connectivity index (χ0n) is 22.8. The highest BCUT2D eigenvalue weighted by molar-refractivity contribution is 6.32. The van der Waals surface area contributed by atoms with Gasteiger partial charge in [0.25, 0.3) is 5.91 Å². The van der Waals surface area contributed by atoms with Gasteiger partial charge < -0.3 is 19.7 Å². The molecular formula is C33H32Cl2N2O4. The number of carbonyl (C=O) groups excluding carboxylic acids is 2. The molecule has 6 nitrogen and oxygen atoms in total. The second kappa shape index (κ2) is 15.1. The fourth-order valence-corrected chi connectivity index (χ4v) is 4.68. The van der Waals surface area contributed by atoms with E-state index >= 15 is 0 Å². The number of para-hydroxylation sites is 1. The Bertz CT molecular complexity index is 1410. The lowest BCUT2D eigenvalue weighted by molar-refractivity contribution is -0.142. The summed E-state index contributed by atoms with van der Waals surface area (Å²) in [6.07, 6.45) is 0.967. The van der Waals surface area contributed by atoms with Gasteiger partial charge in [-0.05, 0) is 59.5 Å². The first kappa shape index (κ1) is 30.0. The van der Waals surface area contributed by atoms with Crippen molar-refractivity contribution < 1.29 is 19.1 Å².